The molecule has 0 amide bonds. The minimum absolute atomic E-state index is 0.0316. The largest absolute Gasteiger partial charge is 0.282 e. The predicted octanol–water partition coefficient (Wildman–Crippen LogP) is 6.35. The van der Waals surface area contributed by atoms with Gasteiger partial charge in [0.2, 0.25) is 0 Å². The van der Waals surface area contributed by atoms with Crippen LogP contribution in [-0.2, 0) is 10.0 Å². The van der Waals surface area contributed by atoms with Crippen molar-refractivity contribution in [1.82, 2.24) is 0 Å². The van der Waals surface area contributed by atoms with Gasteiger partial charge in [-0.2, -0.15) is 12.8 Å². The molecule has 32 heavy (non-hydrogen) atoms. The van der Waals surface area contributed by atoms with Crippen molar-refractivity contribution < 1.29 is 13.3 Å². The summed E-state index contributed by atoms with van der Waals surface area (Å²) in [6, 6.07) is 13.2. The minimum atomic E-state index is -3.86. The third-order valence-electron chi connectivity index (χ3n) is 6.43. The van der Waals surface area contributed by atoms with E-state index in [1.54, 1.807) is 36.4 Å². The van der Waals surface area contributed by atoms with E-state index in [1.165, 1.54) is 12.1 Å². The Morgan fingerprint density at radius 1 is 1.06 bits per heavy atom. The lowest BCUT2D eigenvalue weighted by Crippen LogP contribution is -2.23. The summed E-state index contributed by atoms with van der Waals surface area (Å²) in [7, 11) is -3.86. The van der Waals surface area contributed by atoms with Gasteiger partial charge in [0.1, 0.15) is 0 Å². The van der Waals surface area contributed by atoms with Crippen molar-refractivity contribution in [2.75, 3.05) is 0 Å². The van der Waals surface area contributed by atoms with Gasteiger partial charge >= 0.3 is 0 Å². The fourth-order valence-electron chi connectivity index (χ4n) is 4.27. The SMILES string of the molecule is CCCCC1=C(c2ccc([N+](=O)[O-])cc2)C(C)(C)C(C)/C1=N/S(=O)(=O)c1ccc(C)cc1. The van der Waals surface area contributed by atoms with Crippen LogP contribution >= 0.6 is 0 Å². The van der Waals surface area contributed by atoms with Crippen molar-refractivity contribution in [1.29, 1.82) is 0 Å². The number of nitro benzene ring substituents is 1. The predicted molar refractivity (Wildman–Crippen MR) is 128 cm³/mol. The van der Waals surface area contributed by atoms with Crippen molar-refractivity contribution in [2.45, 2.75) is 58.8 Å². The highest BCUT2D eigenvalue weighted by atomic mass is 32.2. The van der Waals surface area contributed by atoms with E-state index < -0.39 is 14.9 Å². The van der Waals surface area contributed by atoms with E-state index >= 15 is 0 Å². The van der Waals surface area contributed by atoms with Crippen LogP contribution in [0.1, 0.15) is 58.1 Å². The summed E-state index contributed by atoms with van der Waals surface area (Å²) in [6.45, 7) is 10.2. The first-order chi connectivity index (χ1) is 15.0. The quantitative estimate of drug-likeness (QED) is 0.360. The van der Waals surface area contributed by atoms with E-state index in [0.29, 0.717) is 12.1 Å². The highest BCUT2D eigenvalue weighted by Gasteiger charge is 2.44. The number of non-ortho nitro benzene ring substituents is 1. The van der Waals surface area contributed by atoms with Crippen LogP contribution in [-0.4, -0.2) is 19.1 Å². The summed E-state index contributed by atoms with van der Waals surface area (Å²) in [5.74, 6) is -0.125. The number of unbranched alkanes of at least 4 members (excludes halogenated alkanes) is 1. The van der Waals surface area contributed by atoms with Crippen LogP contribution < -0.4 is 0 Å². The van der Waals surface area contributed by atoms with Gasteiger partial charge in [0.15, 0.2) is 0 Å². The van der Waals surface area contributed by atoms with Gasteiger partial charge in [-0.25, -0.2) is 0 Å². The molecule has 1 unspecified atom stereocenters. The lowest BCUT2D eigenvalue weighted by molar-refractivity contribution is -0.384. The van der Waals surface area contributed by atoms with Gasteiger partial charge in [-0.1, -0.05) is 51.8 Å². The van der Waals surface area contributed by atoms with Crippen LogP contribution in [0.5, 0.6) is 0 Å². The number of benzene rings is 2. The van der Waals surface area contributed by atoms with Crippen LogP contribution in [0.4, 0.5) is 5.69 Å². The van der Waals surface area contributed by atoms with Crippen LogP contribution in [0.25, 0.3) is 5.57 Å². The van der Waals surface area contributed by atoms with E-state index in [9.17, 15) is 18.5 Å². The maximum atomic E-state index is 13.2. The van der Waals surface area contributed by atoms with Crippen molar-refractivity contribution in [3.05, 3.63) is 75.3 Å². The van der Waals surface area contributed by atoms with Crippen molar-refractivity contribution in [3.63, 3.8) is 0 Å². The second-order valence-electron chi connectivity index (χ2n) is 8.97. The molecule has 0 fully saturated rings. The summed E-state index contributed by atoms with van der Waals surface area (Å²) in [5.41, 5.74) is 4.06. The standard InChI is InChI=1S/C25H30N2O4S/c1-6-7-8-22-23(19-11-13-20(14-12-19)27(28)29)25(4,5)18(3)24(22)26-32(30,31)21-15-9-17(2)10-16-21/h9-16,18H,6-8H2,1-5H3/b26-24-. The molecule has 0 saturated heterocycles. The molecule has 0 heterocycles. The third kappa shape index (κ3) is 4.53. The molecule has 0 spiro atoms. The molecule has 0 N–H and O–H groups in total. The molecule has 1 aliphatic carbocycles. The monoisotopic (exact) mass is 454 g/mol. The molecule has 0 aromatic heterocycles. The fourth-order valence-corrected chi connectivity index (χ4v) is 5.38. The van der Waals surface area contributed by atoms with Crippen LogP contribution in [0, 0.1) is 28.4 Å². The average molecular weight is 455 g/mol. The van der Waals surface area contributed by atoms with Gasteiger partial charge in [-0.15, -0.1) is 0 Å². The van der Waals surface area contributed by atoms with Gasteiger partial charge in [0.05, 0.1) is 15.5 Å². The molecule has 2 aromatic rings. The minimum Gasteiger partial charge on any atom is -0.258 e. The van der Waals surface area contributed by atoms with Crippen LogP contribution in [0.3, 0.4) is 0 Å². The molecule has 3 rings (SSSR count). The molecule has 170 valence electrons. The van der Waals surface area contributed by atoms with Gasteiger partial charge < -0.3 is 0 Å². The maximum absolute atomic E-state index is 13.2. The second-order valence-corrected chi connectivity index (χ2v) is 10.6. The number of hydrogen-bond donors (Lipinski definition) is 0. The van der Waals surface area contributed by atoms with E-state index in [4.69, 9.17) is 0 Å². The maximum Gasteiger partial charge on any atom is 0.282 e. The lowest BCUT2D eigenvalue weighted by Gasteiger charge is -2.28. The van der Waals surface area contributed by atoms with E-state index in [0.717, 1.165) is 35.1 Å². The zero-order valence-electron chi connectivity index (χ0n) is 19.3. The Kier molecular flexibility index (Phi) is 6.69. The van der Waals surface area contributed by atoms with Gasteiger partial charge in [-0.05, 0) is 66.2 Å². The first-order valence-electron chi connectivity index (χ1n) is 10.9. The molecule has 0 aliphatic heterocycles. The Hall–Kier alpha value is -2.80. The number of allylic oxidation sites excluding steroid dienone is 2. The average Bonchev–Trinajstić information content (AvgIpc) is 2.92. The molecule has 0 radical (unpaired) electrons. The Labute approximate surface area is 190 Å². The van der Waals surface area contributed by atoms with E-state index in [1.807, 2.05) is 13.8 Å². The summed E-state index contributed by atoms with van der Waals surface area (Å²) in [5, 5.41) is 11.1. The summed E-state index contributed by atoms with van der Waals surface area (Å²) < 4.78 is 30.7. The molecule has 1 aliphatic rings. The summed E-state index contributed by atoms with van der Waals surface area (Å²) >= 11 is 0. The topological polar surface area (TPSA) is 89.6 Å². The number of nitrogens with zero attached hydrogens (tertiary/aromatic N) is 2. The van der Waals surface area contributed by atoms with Gasteiger partial charge in [0, 0.05) is 18.1 Å². The molecular formula is C25H30N2O4S. The first kappa shape index (κ1) is 23.9. The van der Waals surface area contributed by atoms with Crippen LogP contribution in [0.15, 0.2) is 63.4 Å². The first-order valence-corrected chi connectivity index (χ1v) is 12.3. The third-order valence-corrected chi connectivity index (χ3v) is 7.74. The molecule has 0 bridgehead atoms. The van der Waals surface area contributed by atoms with E-state index in [-0.39, 0.29) is 21.9 Å². The zero-order chi connectivity index (χ0) is 23.7. The molecule has 2 aromatic carbocycles. The zero-order valence-corrected chi connectivity index (χ0v) is 20.1. The molecule has 7 heteroatoms. The molecular weight excluding hydrogens is 424 g/mol. The lowest BCUT2D eigenvalue weighted by atomic mass is 9.75. The van der Waals surface area contributed by atoms with Gasteiger partial charge in [0.25, 0.3) is 15.7 Å². The molecule has 6 nitrogen and oxygen atoms in total. The Bertz CT molecular complexity index is 1180. The summed E-state index contributed by atoms with van der Waals surface area (Å²) in [6.07, 6.45) is 2.57. The van der Waals surface area contributed by atoms with Crippen molar-refractivity contribution in [3.8, 4) is 0 Å². The smallest absolute Gasteiger partial charge is 0.258 e. The molecule has 1 atom stereocenters. The number of rotatable bonds is 7. The van der Waals surface area contributed by atoms with Crippen molar-refractivity contribution in [2.24, 2.45) is 15.7 Å². The number of hydrogen-bond acceptors (Lipinski definition) is 4. The summed E-state index contributed by atoms with van der Waals surface area (Å²) in [4.78, 5) is 10.9. The normalized spacial score (nSPS) is 19.5. The Morgan fingerprint density at radius 3 is 2.19 bits per heavy atom. The number of nitro groups is 1. The highest BCUT2D eigenvalue weighted by Crippen LogP contribution is 2.52. The Balaban J connectivity index is 2.19. The number of aryl methyl sites for hydroxylation is 1. The molecule has 0 saturated carbocycles. The second kappa shape index (κ2) is 8.98. The van der Waals surface area contributed by atoms with Crippen LogP contribution in [0.2, 0.25) is 0 Å². The highest BCUT2D eigenvalue weighted by molar-refractivity contribution is 7.90. The van der Waals surface area contributed by atoms with Gasteiger partial charge in [-0.3, -0.25) is 10.1 Å². The van der Waals surface area contributed by atoms with E-state index in [2.05, 4.69) is 25.2 Å². The fraction of sp³-hybridized carbons (Fsp3) is 0.400. The number of sulfonamides is 1. The Morgan fingerprint density at radius 2 is 1.66 bits per heavy atom. The van der Waals surface area contributed by atoms with Crippen molar-refractivity contribution >= 4 is 27.0 Å².